The average molecular weight is 379 g/mol. The summed E-state index contributed by atoms with van der Waals surface area (Å²) in [5, 5.41) is 0. The second kappa shape index (κ2) is 6.75. The van der Waals surface area contributed by atoms with Crippen molar-refractivity contribution in [3.8, 4) is 0 Å². The summed E-state index contributed by atoms with van der Waals surface area (Å²) in [7, 11) is 0. The third-order valence-corrected chi connectivity index (χ3v) is 9.23. The molecule has 3 fully saturated rings. The van der Waals surface area contributed by atoms with Crippen LogP contribution in [0.3, 0.4) is 0 Å². The first-order valence-electron chi connectivity index (χ1n) is 11.4. The highest BCUT2D eigenvalue weighted by Crippen LogP contribution is 2.65. The predicted molar refractivity (Wildman–Crippen MR) is 112 cm³/mol. The molecule has 4 aliphatic rings. The van der Waals surface area contributed by atoms with Gasteiger partial charge in [0.05, 0.1) is 5.56 Å². The van der Waals surface area contributed by atoms with E-state index in [-0.39, 0.29) is 12.1 Å². The molecule has 2 heteroatoms. The number of esters is 1. The molecule has 0 unspecified atom stereocenters. The van der Waals surface area contributed by atoms with Crippen molar-refractivity contribution in [2.45, 2.75) is 71.3 Å². The lowest BCUT2D eigenvalue weighted by molar-refractivity contribution is -0.118. The van der Waals surface area contributed by atoms with Crippen molar-refractivity contribution in [2.75, 3.05) is 0 Å². The Balaban J connectivity index is 1.28. The first-order chi connectivity index (χ1) is 13.5. The topological polar surface area (TPSA) is 26.3 Å². The lowest BCUT2D eigenvalue weighted by Crippen LogP contribution is -2.53. The minimum Gasteiger partial charge on any atom is -0.459 e. The van der Waals surface area contributed by atoms with Crippen molar-refractivity contribution in [1.29, 1.82) is 0 Å². The maximum Gasteiger partial charge on any atom is 0.338 e. The monoisotopic (exact) mass is 378 g/mol. The lowest BCUT2D eigenvalue weighted by Gasteiger charge is -2.60. The highest BCUT2D eigenvalue weighted by Gasteiger charge is 2.57. The van der Waals surface area contributed by atoms with E-state index in [1.54, 1.807) is 0 Å². The summed E-state index contributed by atoms with van der Waals surface area (Å²) < 4.78 is 5.94. The van der Waals surface area contributed by atoms with Gasteiger partial charge in [-0.15, -0.1) is 0 Å². The number of hydrogen-bond acceptors (Lipinski definition) is 2. The second-order valence-corrected chi connectivity index (χ2v) is 10.5. The summed E-state index contributed by atoms with van der Waals surface area (Å²) in [5.41, 5.74) is 1.59. The number of ether oxygens (including phenoxy) is 1. The van der Waals surface area contributed by atoms with Crippen LogP contribution in [0, 0.1) is 34.5 Å². The van der Waals surface area contributed by atoms with Crippen molar-refractivity contribution < 1.29 is 9.53 Å². The minimum absolute atomic E-state index is 0.101. The molecular weight excluding hydrogens is 344 g/mol. The Morgan fingerprint density at radius 1 is 1.00 bits per heavy atom. The normalized spacial score (nSPS) is 44.3. The molecule has 0 bridgehead atoms. The fourth-order valence-corrected chi connectivity index (χ4v) is 7.60. The molecule has 0 spiro atoms. The number of rotatable bonds is 2. The van der Waals surface area contributed by atoms with Crippen molar-refractivity contribution in [3.63, 3.8) is 0 Å². The van der Waals surface area contributed by atoms with Crippen LogP contribution in [-0.2, 0) is 4.74 Å². The molecule has 4 aliphatic carbocycles. The molecule has 7 atom stereocenters. The van der Waals surface area contributed by atoms with E-state index in [1.807, 2.05) is 30.3 Å². The van der Waals surface area contributed by atoms with Gasteiger partial charge in [0.2, 0.25) is 0 Å². The molecule has 0 aliphatic heterocycles. The maximum atomic E-state index is 12.5. The van der Waals surface area contributed by atoms with Gasteiger partial charge in [0, 0.05) is 0 Å². The molecule has 0 heterocycles. The molecular formula is C26H34O2. The maximum absolute atomic E-state index is 12.5. The van der Waals surface area contributed by atoms with Gasteiger partial charge >= 0.3 is 5.97 Å². The molecule has 2 nitrogen and oxygen atoms in total. The fourth-order valence-electron chi connectivity index (χ4n) is 7.60. The van der Waals surface area contributed by atoms with Gasteiger partial charge in [0.25, 0.3) is 0 Å². The number of allylic oxidation sites excluding steroid dienone is 2. The van der Waals surface area contributed by atoms with Crippen molar-refractivity contribution >= 4 is 5.97 Å². The van der Waals surface area contributed by atoms with Crippen LogP contribution in [0.5, 0.6) is 0 Å². The van der Waals surface area contributed by atoms with E-state index in [2.05, 4.69) is 26.0 Å². The van der Waals surface area contributed by atoms with Gasteiger partial charge in [0.1, 0.15) is 6.10 Å². The summed E-state index contributed by atoms with van der Waals surface area (Å²) in [6.45, 7) is 5.08. The van der Waals surface area contributed by atoms with Gasteiger partial charge in [-0.25, -0.2) is 4.79 Å². The van der Waals surface area contributed by atoms with Gasteiger partial charge in [0.15, 0.2) is 0 Å². The molecule has 3 saturated carbocycles. The molecule has 0 aromatic heterocycles. The number of carbonyl (C=O) groups is 1. The third kappa shape index (κ3) is 2.86. The molecule has 0 radical (unpaired) electrons. The summed E-state index contributed by atoms with van der Waals surface area (Å²) in [6, 6.07) is 9.47. The van der Waals surface area contributed by atoms with Crippen molar-refractivity contribution in [3.05, 3.63) is 48.0 Å². The van der Waals surface area contributed by atoms with E-state index < -0.39 is 0 Å². The quantitative estimate of drug-likeness (QED) is 0.438. The largest absolute Gasteiger partial charge is 0.459 e. The van der Waals surface area contributed by atoms with Crippen LogP contribution >= 0.6 is 0 Å². The van der Waals surface area contributed by atoms with E-state index in [0.29, 0.717) is 16.4 Å². The summed E-state index contributed by atoms with van der Waals surface area (Å²) in [5.74, 6) is 3.22. The molecule has 28 heavy (non-hydrogen) atoms. The van der Waals surface area contributed by atoms with E-state index in [0.717, 1.165) is 36.5 Å². The van der Waals surface area contributed by atoms with Crippen LogP contribution in [0.2, 0.25) is 0 Å². The first-order valence-corrected chi connectivity index (χ1v) is 11.4. The van der Waals surface area contributed by atoms with E-state index >= 15 is 0 Å². The Bertz CT molecular complexity index is 768. The molecule has 0 N–H and O–H groups in total. The van der Waals surface area contributed by atoms with Crippen LogP contribution in [-0.4, -0.2) is 12.1 Å². The van der Waals surface area contributed by atoms with Crippen LogP contribution < -0.4 is 0 Å². The zero-order valence-corrected chi connectivity index (χ0v) is 17.4. The number of hydrogen-bond donors (Lipinski definition) is 0. The summed E-state index contributed by atoms with van der Waals surface area (Å²) >= 11 is 0. The third-order valence-electron chi connectivity index (χ3n) is 9.23. The molecule has 150 valence electrons. The Labute approximate surface area is 169 Å². The van der Waals surface area contributed by atoms with Gasteiger partial charge in [-0.1, -0.05) is 44.2 Å². The Hall–Kier alpha value is -1.57. The van der Waals surface area contributed by atoms with Gasteiger partial charge in [-0.05, 0) is 98.0 Å². The van der Waals surface area contributed by atoms with Gasteiger partial charge in [-0.3, -0.25) is 0 Å². The van der Waals surface area contributed by atoms with Crippen molar-refractivity contribution in [1.82, 2.24) is 0 Å². The minimum atomic E-state index is -0.145. The van der Waals surface area contributed by atoms with Gasteiger partial charge in [-0.2, -0.15) is 0 Å². The van der Waals surface area contributed by atoms with E-state index in [9.17, 15) is 4.79 Å². The number of benzene rings is 1. The molecule has 0 saturated heterocycles. The molecule has 1 aromatic carbocycles. The lowest BCUT2D eigenvalue weighted by atomic mass is 9.45. The number of carbonyl (C=O) groups excluding carboxylic acids is 1. The van der Waals surface area contributed by atoms with Crippen LogP contribution in [0.25, 0.3) is 0 Å². The highest BCUT2D eigenvalue weighted by molar-refractivity contribution is 5.89. The van der Waals surface area contributed by atoms with E-state index in [1.165, 1.54) is 38.5 Å². The van der Waals surface area contributed by atoms with Crippen LogP contribution in [0.1, 0.15) is 75.6 Å². The Morgan fingerprint density at radius 3 is 2.64 bits per heavy atom. The standard InChI is InChI=1S/C26H34O2/c1-25-14-6-9-22(25)21-11-10-19-17-20(12-16-26(19,2)23(21)13-15-25)28-24(27)18-7-4-3-5-8-18/h3-8,14,19-23H,9-13,15-17H2,1-2H3/t19-,20-,21+,22+,23+,25-,26-/m0/s1. The Kier molecular flexibility index (Phi) is 4.45. The highest BCUT2D eigenvalue weighted by atomic mass is 16.5. The number of fused-ring (bicyclic) bond motifs is 5. The fraction of sp³-hybridized carbons (Fsp3) is 0.654. The van der Waals surface area contributed by atoms with Crippen molar-refractivity contribution in [2.24, 2.45) is 34.5 Å². The second-order valence-electron chi connectivity index (χ2n) is 10.5. The molecule has 1 aromatic rings. The molecule has 0 amide bonds. The Morgan fingerprint density at radius 2 is 1.82 bits per heavy atom. The summed E-state index contributed by atoms with van der Waals surface area (Å²) in [6.07, 6.45) is 15.2. The zero-order valence-electron chi connectivity index (χ0n) is 17.4. The summed E-state index contributed by atoms with van der Waals surface area (Å²) in [4.78, 5) is 12.5. The zero-order chi connectivity index (χ0) is 19.4. The average Bonchev–Trinajstić information content (AvgIpc) is 3.11. The van der Waals surface area contributed by atoms with Gasteiger partial charge < -0.3 is 4.74 Å². The SMILES string of the molecule is C[C@]12CC[C@H](OC(=O)c3ccccc3)C[C@@H]1CC[C@H]1[C@H]2CC[C@]2(C)C=CC[C@H]12. The van der Waals surface area contributed by atoms with Crippen LogP contribution in [0.4, 0.5) is 0 Å². The van der Waals surface area contributed by atoms with Crippen LogP contribution in [0.15, 0.2) is 42.5 Å². The molecule has 5 rings (SSSR count). The smallest absolute Gasteiger partial charge is 0.338 e. The predicted octanol–water partition coefficient (Wildman–Crippen LogP) is 6.42. The first kappa shape index (κ1) is 18.5. The van der Waals surface area contributed by atoms with E-state index in [4.69, 9.17) is 4.74 Å².